The molecule has 0 saturated carbocycles. The fraction of sp³-hybridized carbons (Fsp3) is 0. The Morgan fingerprint density at radius 3 is 2.84 bits per heavy atom. The first-order chi connectivity index (χ1) is 9.13. The zero-order chi connectivity index (χ0) is 13.4. The van der Waals surface area contributed by atoms with Gasteiger partial charge in [-0.3, -0.25) is 5.10 Å². The number of benzene rings is 1. The van der Waals surface area contributed by atoms with E-state index >= 15 is 0 Å². The Morgan fingerprint density at radius 1 is 1.32 bits per heavy atom. The molecule has 0 saturated heterocycles. The second-order valence-corrected chi connectivity index (χ2v) is 4.44. The van der Waals surface area contributed by atoms with E-state index in [0.29, 0.717) is 15.9 Å². The van der Waals surface area contributed by atoms with Crippen molar-refractivity contribution in [3.8, 4) is 23.1 Å². The van der Waals surface area contributed by atoms with E-state index < -0.39 is 0 Å². The van der Waals surface area contributed by atoms with Crippen LogP contribution in [0.1, 0.15) is 0 Å². The van der Waals surface area contributed by atoms with Crippen LogP contribution in [-0.4, -0.2) is 25.3 Å². The van der Waals surface area contributed by atoms with Crippen LogP contribution in [0.15, 0.2) is 27.2 Å². The van der Waals surface area contributed by atoms with Crippen molar-refractivity contribution in [2.24, 2.45) is 0 Å². The average molecular weight is 325 g/mol. The van der Waals surface area contributed by atoms with Crippen molar-refractivity contribution in [3.63, 3.8) is 0 Å². The van der Waals surface area contributed by atoms with Crippen molar-refractivity contribution < 1.29 is 8.91 Å². The van der Waals surface area contributed by atoms with Crippen LogP contribution in [0.4, 0.5) is 10.3 Å². The summed E-state index contributed by atoms with van der Waals surface area (Å²) in [6, 6.07) is 4.17. The lowest BCUT2D eigenvalue weighted by atomic mass is 10.2. The van der Waals surface area contributed by atoms with Gasteiger partial charge in [-0.05, 0) is 34.1 Å². The standard InChI is InChI=1S/C10H6BrFN6O/c11-6-3-4(12)1-2-5(6)7-14-9(19-18-7)8-15-10(13)17-16-8/h1-3H,(H3,13,15,16,17). The summed E-state index contributed by atoms with van der Waals surface area (Å²) >= 11 is 3.24. The van der Waals surface area contributed by atoms with Crippen molar-refractivity contribution in [2.45, 2.75) is 0 Å². The Morgan fingerprint density at radius 2 is 2.16 bits per heavy atom. The van der Waals surface area contributed by atoms with Crippen molar-refractivity contribution in [2.75, 3.05) is 5.73 Å². The summed E-state index contributed by atoms with van der Waals surface area (Å²) < 4.78 is 18.6. The lowest BCUT2D eigenvalue weighted by Gasteiger charge is -1.97. The van der Waals surface area contributed by atoms with Gasteiger partial charge in [0, 0.05) is 10.0 Å². The summed E-state index contributed by atoms with van der Waals surface area (Å²) in [5.74, 6) is 0.446. The van der Waals surface area contributed by atoms with Gasteiger partial charge in [0.25, 0.3) is 5.89 Å². The molecular weight excluding hydrogens is 319 g/mol. The third-order valence-electron chi connectivity index (χ3n) is 2.30. The van der Waals surface area contributed by atoms with E-state index in [9.17, 15) is 4.39 Å². The molecule has 2 heterocycles. The molecular formula is C10H6BrFN6O. The summed E-state index contributed by atoms with van der Waals surface area (Å²) in [5.41, 5.74) is 5.98. The zero-order valence-corrected chi connectivity index (χ0v) is 10.8. The normalized spacial score (nSPS) is 10.8. The van der Waals surface area contributed by atoms with E-state index in [1.54, 1.807) is 6.07 Å². The van der Waals surface area contributed by atoms with Gasteiger partial charge in [0.05, 0.1) is 0 Å². The maximum Gasteiger partial charge on any atom is 0.295 e. The molecule has 7 nitrogen and oxygen atoms in total. The van der Waals surface area contributed by atoms with Gasteiger partial charge in [0.1, 0.15) is 5.82 Å². The molecule has 0 unspecified atom stereocenters. The van der Waals surface area contributed by atoms with Gasteiger partial charge in [0.15, 0.2) is 0 Å². The van der Waals surface area contributed by atoms with Gasteiger partial charge in [-0.1, -0.05) is 5.16 Å². The predicted octanol–water partition coefficient (Wildman–Crippen LogP) is 2.01. The van der Waals surface area contributed by atoms with Gasteiger partial charge in [-0.15, -0.1) is 5.10 Å². The number of aromatic amines is 1. The molecule has 19 heavy (non-hydrogen) atoms. The Kier molecular flexibility index (Phi) is 2.75. The molecule has 96 valence electrons. The number of rotatable bonds is 2. The monoisotopic (exact) mass is 324 g/mol. The topological polar surface area (TPSA) is 107 Å². The third kappa shape index (κ3) is 2.19. The maximum absolute atomic E-state index is 13.0. The molecule has 0 radical (unpaired) electrons. The van der Waals surface area contributed by atoms with Crippen molar-refractivity contribution >= 4 is 21.9 Å². The minimum atomic E-state index is -0.359. The van der Waals surface area contributed by atoms with E-state index in [1.807, 2.05) is 0 Å². The molecule has 3 aromatic rings. The third-order valence-corrected chi connectivity index (χ3v) is 2.96. The fourth-order valence-corrected chi connectivity index (χ4v) is 2.00. The van der Waals surface area contributed by atoms with Crippen LogP contribution >= 0.6 is 15.9 Å². The van der Waals surface area contributed by atoms with E-state index in [1.165, 1.54) is 12.1 Å². The highest BCUT2D eigenvalue weighted by Crippen LogP contribution is 2.27. The number of nitrogens with one attached hydrogen (secondary N) is 1. The molecule has 0 fully saturated rings. The van der Waals surface area contributed by atoms with E-state index in [2.05, 4.69) is 41.3 Å². The van der Waals surface area contributed by atoms with Crippen LogP contribution in [0.25, 0.3) is 23.1 Å². The summed E-state index contributed by atoms with van der Waals surface area (Å²) in [4.78, 5) is 8.00. The second-order valence-electron chi connectivity index (χ2n) is 3.59. The van der Waals surface area contributed by atoms with Gasteiger partial charge in [-0.2, -0.15) is 9.97 Å². The van der Waals surface area contributed by atoms with Crippen molar-refractivity contribution in [1.82, 2.24) is 25.3 Å². The highest BCUT2D eigenvalue weighted by molar-refractivity contribution is 9.10. The number of anilines is 1. The molecule has 0 aliphatic heterocycles. The molecule has 2 aromatic heterocycles. The zero-order valence-electron chi connectivity index (χ0n) is 9.26. The number of aromatic nitrogens is 5. The minimum Gasteiger partial charge on any atom is -0.366 e. The maximum atomic E-state index is 13.0. The number of nitrogens with zero attached hydrogens (tertiary/aromatic N) is 4. The lowest BCUT2D eigenvalue weighted by Crippen LogP contribution is -1.86. The number of hydrogen-bond donors (Lipinski definition) is 2. The smallest absolute Gasteiger partial charge is 0.295 e. The van der Waals surface area contributed by atoms with Crippen LogP contribution in [0.3, 0.4) is 0 Å². The summed E-state index contributed by atoms with van der Waals surface area (Å²) in [7, 11) is 0. The average Bonchev–Trinajstić information content (AvgIpc) is 2.97. The summed E-state index contributed by atoms with van der Waals surface area (Å²) in [6.07, 6.45) is 0. The highest BCUT2D eigenvalue weighted by atomic mass is 79.9. The van der Waals surface area contributed by atoms with E-state index in [0.717, 1.165) is 0 Å². The van der Waals surface area contributed by atoms with Crippen LogP contribution in [0.2, 0.25) is 0 Å². The van der Waals surface area contributed by atoms with Crippen LogP contribution < -0.4 is 5.73 Å². The first kappa shape index (κ1) is 11.8. The molecule has 0 amide bonds. The Balaban J connectivity index is 2.01. The Hall–Kier alpha value is -2.29. The molecule has 1 aromatic carbocycles. The molecule has 0 spiro atoms. The number of hydrogen-bond acceptors (Lipinski definition) is 6. The van der Waals surface area contributed by atoms with E-state index in [-0.39, 0.29) is 23.5 Å². The molecule has 9 heteroatoms. The second kappa shape index (κ2) is 4.43. The molecule has 0 aliphatic rings. The summed E-state index contributed by atoms with van der Waals surface area (Å²) in [5, 5.41) is 10.0. The molecule has 3 rings (SSSR count). The van der Waals surface area contributed by atoms with Crippen LogP contribution in [0, 0.1) is 5.82 Å². The Bertz CT molecular complexity index is 739. The number of H-pyrrole nitrogens is 1. The van der Waals surface area contributed by atoms with Crippen molar-refractivity contribution in [1.29, 1.82) is 0 Å². The SMILES string of the molecule is Nc1n[nH]c(-c2nc(-c3ccc(F)cc3Br)no2)n1. The number of halogens is 2. The lowest BCUT2D eigenvalue weighted by molar-refractivity contribution is 0.429. The van der Waals surface area contributed by atoms with Gasteiger partial charge in [0.2, 0.25) is 17.6 Å². The Labute approximate surface area is 114 Å². The van der Waals surface area contributed by atoms with Crippen LogP contribution in [-0.2, 0) is 0 Å². The number of nitrogens with two attached hydrogens (primary N) is 1. The van der Waals surface area contributed by atoms with Crippen LogP contribution in [0.5, 0.6) is 0 Å². The molecule has 0 aliphatic carbocycles. The molecule has 0 atom stereocenters. The predicted molar refractivity (Wildman–Crippen MR) is 67.2 cm³/mol. The minimum absolute atomic E-state index is 0.0812. The van der Waals surface area contributed by atoms with Gasteiger partial charge in [-0.25, -0.2) is 4.39 Å². The largest absolute Gasteiger partial charge is 0.366 e. The first-order valence-electron chi connectivity index (χ1n) is 5.11. The van der Waals surface area contributed by atoms with Crippen molar-refractivity contribution in [3.05, 3.63) is 28.5 Å². The quantitative estimate of drug-likeness (QED) is 0.746. The first-order valence-corrected chi connectivity index (χ1v) is 5.90. The fourth-order valence-electron chi connectivity index (χ4n) is 1.47. The van der Waals surface area contributed by atoms with Gasteiger partial charge < -0.3 is 10.3 Å². The van der Waals surface area contributed by atoms with Gasteiger partial charge >= 0.3 is 0 Å². The highest BCUT2D eigenvalue weighted by Gasteiger charge is 2.15. The number of nitrogen functional groups attached to an aromatic ring is 1. The summed E-state index contributed by atoms with van der Waals surface area (Å²) in [6.45, 7) is 0. The van der Waals surface area contributed by atoms with E-state index in [4.69, 9.17) is 10.3 Å². The molecule has 0 bridgehead atoms. The molecule has 3 N–H and O–H groups in total.